The molecule has 3 fully saturated rings. The van der Waals surface area contributed by atoms with Crippen LogP contribution in [0.15, 0.2) is 12.2 Å². The van der Waals surface area contributed by atoms with E-state index in [0.717, 1.165) is 18.8 Å². The topological polar surface area (TPSA) is 26.3 Å². The van der Waals surface area contributed by atoms with Gasteiger partial charge >= 0.3 is 5.97 Å². The number of rotatable bonds is 1. The van der Waals surface area contributed by atoms with Crippen molar-refractivity contribution < 1.29 is 9.53 Å². The Bertz CT molecular complexity index is 409. The van der Waals surface area contributed by atoms with Gasteiger partial charge in [-0.1, -0.05) is 26.0 Å². The summed E-state index contributed by atoms with van der Waals surface area (Å²) in [6.45, 7) is 10.7. The molecule has 0 aliphatic heterocycles. The lowest BCUT2D eigenvalue weighted by Gasteiger charge is -2.48. The number of carbonyl (C=O) groups excluding carboxylic acids is 1. The van der Waals surface area contributed by atoms with Crippen LogP contribution in [-0.2, 0) is 9.53 Å². The van der Waals surface area contributed by atoms with Gasteiger partial charge in [0.1, 0.15) is 6.10 Å². The summed E-state index contributed by atoms with van der Waals surface area (Å²) in [5.41, 5.74) is 1.93. The number of fused-ring (bicyclic) bond motifs is 1. The fourth-order valence-electron chi connectivity index (χ4n) is 5.06. The first-order valence-corrected chi connectivity index (χ1v) is 7.24. The molecule has 0 aromatic heterocycles. The van der Waals surface area contributed by atoms with Crippen LogP contribution in [0, 0.1) is 22.7 Å². The van der Waals surface area contributed by atoms with Gasteiger partial charge < -0.3 is 4.74 Å². The van der Waals surface area contributed by atoms with E-state index in [2.05, 4.69) is 20.4 Å². The highest BCUT2D eigenvalue weighted by Gasteiger charge is 2.63. The molecule has 3 saturated carbocycles. The molecule has 0 amide bonds. The van der Waals surface area contributed by atoms with Crippen LogP contribution in [0.3, 0.4) is 0 Å². The Balaban J connectivity index is 1.95. The zero-order valence-electron chi connectivity index (χ0n) is 11.8. The summed E-state index contributed by atoms with van der Waals surface area (Å²) in [6, 6.07) is 0. The molecule has 2 bridgehead atoms. The van der Waals surface area contributed by atoms with E-state index in [4.69, 9.17) is 4.74 Å². The summed E-state index contributed by atoms with van der Waals surface area (Å²) in [7, 11) is 0. The summed E-state index contributed by atoms with van der Waals surface area (Å²) >= 11 is 0. The van der Waals surface area contributed by atoms with Gasteiger partial charge in [0.25, 0.3) is 0 Å². The van der Waals surface area contributed by atoms with Crippen LogP contribution in [0.25, 0.3) is 0 Å². The number of carbonyl (C=O) groups is 1. The molecule has 0 saturated heterocycles. The Morgan fingerprint density at radius 1 is 1.33 bits per heavy atom. The highest BCUT2D eigenvalue weighted by molar-refractivity contribution is 5.66. The predicted octanol–water partition coefficient (Wildman–Crippen LogP) is 3.71. The molecule has 0 aromatic carbocycles. The van der Waals surface area contributed by atoms with E-state index in [1.807, 2.05) is 0 Å². The first-order valence-electron chi connectivity index (χ1n) is 7.24. The predicted molar refractivity (Wildman–Crippen MR) is 71.0 cm³/mol. The van der Waals surface area contributed by atoms with Gasteiger partial charge in [0.05, 0.1) is 0 Å². The lowest BCUT2D eigenvalue weighted by Crippen LogP contribution is -2.44. The van der Waals surface area contributed by atoms with Crippen molar-refractivity contribution in [3.05, 3.63) is 12.2 Å². The largest absolute Gasteiger partial charge is 0.462 e. The van der Waals surface area contributed by atoms with Gasteiger partial charge in [-0.05, 0) is 49.4 Å². The molecule has 4 atom stereocenters. The molecule has 3 rings (SSSR count). The SMILES string of the molecule is C=C1[C@H]2CC[C@@H](OC(C)=O)[C@@]23CCC(C3)C1(C)C. The first kappa shape index (κ1) is 12.3. The van der Waals surface area contributed by atoms with Gasteiger partial charge in [0.2, 0.25) is 0 Å². The average molecular weight is 248 g/mol. The van der Waals surface area contributed by atoms with Gasteiger partial charge in [-0.25, -0.2) is 0 Å². The first-order chi connectivity index (χ1) is 8.38. The fraction of sp³-hybridized carbons (Fsp3) is 0.812. The van der Waals surface area contributed by atoms with Crippen molar-refractivity contribution >= 4 is 5.97 Å². The zero-order valence-corrected chi connectivity index (χ0v) is 11.8. The van der Waals surface area contributed by atoms with Crippen LogP contribution in [0.1, 0.15) is 52.9 Å². The maximum Gasteiger partial charge on any atom is 0.302 e. The molecular formula is C16H24O2. The van der Waals surface area contributed by atoms with Gasteiger partial charge in [-0.3, -0.25) is 4.79 Å². The van der Waals surface area contributed by atoms with E-state index in [1.165, 1.54) is 31.8 Å². The Hall–Kier alpha value is -0.790. The second kappa shape index (κ2) is 3.61. The molecule has 3 aliphatic carbocycles. The van der Waals surface area contributed by atoms with E-state index < -0.39 is 0 Å². The molecule has 1 spiro atoms. The van der Waals surface area contributed by atoms with E-state index in [9.17, 15) is 4.79 Å². The zero-order chi connectivity index (χ0) is 13.1. The maximum absolute atomic E-state index is 11.3. The second-order valence-electron chi connectivity index (χ2n) is 7.15. The highest BCUT2D eigenvalue weighted by Crippen LogP contribution is 2.68. The minimum Gasteiger partial charge on any atom is -0.462 e. The number of hydrogen-bond acceptors (Lipinski definition) is 2. The third-order valence-electron chi connectivity index (χ3n) is 6.21. The van der Waals surface area contributed by atoms with E-state index in [1.54, 1.807) is 0 Å². The monoisotopic (exact) mass is 248 g/mol. The normalized spacial score (nSPS) is 44.8. The van der Waals surface area contributed by atoms with Gasteiger partial charge in [-0.2, -0.15) is 0 Å². The number of hydrogen-bond donors (Lipinski definition) is 0. The summed E-state index contributed by atoms with van der Waals surface area (Å²) in [4.78, 5) is 11.3. The van der Waals surface area contributed by atoms with Crippen molar-refractivity contribution in [2.75, 3.05) is 0 Å². The smallest absolute Gasteiger partial charge is 0.302 e. The highest BCUT2D eigenvalue weighted by atomic mass is 16.5. The molecule has 2 heteroatoms. The Labute approximate surface area is 110 Å². The van der Waals surface area contributed by atoms with Crippen LogP contribution in [-0.4, -0.2) is 12.1 Å². The van der Waals surface area contributed by atoms with Gasteiger partial charge in [0.15, 0.2) is 0 Å². The quantitative estimate of drug-likeness (QED) is 0.522. The molecule has 2 nitrogen and oxygen atoms in total. The second-order valence-corrected chi connectivity index (χ2v) is 7.15. The van der Waals surface area contributed by atoms with Crippen molar-refractivity contribution in [2.24, 2.45) is 22.7 Å². The minimum atomic E-state index is -0.117. The van der Waals surface area contributed by atoms with E-state index in [-0.39, 0.29) is 22.9 Å². The minimum absolute atomic E-state index is 0.117. The number of ether oxygens (including phenoxy) is 1. The Morgan fingerprint density at radius 2 is 2.06 bits per heavy atom. The summed E-state index contributed by atoms with van der Waals surface area (Å²) < 4.78 is 5.64. The Morgan fingerprint density at radius 3 is 2.72 bits per heavy atom. The number of esters is 1. The molecule has 3 aliphatic rings. The molecule has 18 heavy (non-hydrogen) atoms. The Kier molecular flexibility index (Phi) is 2.46. The van der Waals surface area contributed by atoms with Crippen LogP contribution in [0.4, 0.5) is 0 Å². The lowest BCUT2D eigenvalue weighted by molar-refractivity contribution is -0.153. The summed E-state index contributed by atoms with van der Waals surface area (Å²) in [6.07, 6.45) is 6.08. The molecular weight excluding hydrogens is 224 g/mol. The molecule has 0 N–H and O–H groups in total. The van der Waals surface area contributed by atoms with Crippen LogP contribution in [0.5, 0.6) is 0 Å². The molecule has 100 valence electrons. The average Bonchev–Trinajstić information content (AvgIpc) is 2.83. The van der Waals surface area contributed by atoms with E-state index >= 15 is 0 Å². The molecule has 1 unspecified atom stereocenters. The standard InChI is InChI=1S/C16H24O2/c1-10-13-5-6-14(18-11(2)17)16(13)8-7-12(9-16)15(10,3)4/h12-14H,1,5-9H2,2-4H3/t12?,13-,14-,16-/m1/s1. The number of allylic oxidation sites excluding steroid dienone is 1. The van der Waals surface area contributed by atoms with Crippen molar-refractivity contribution in [1.82, 2.24) is 0 Å². The van der Waals surface area contributed by atoms with Crippen molar-refractivity contribution in [3.8, 4) is 0 Å². The molecule has 0 radical (unpaired) electrons. The lowest BCUT2D eigenvalue weighted by atomic mass is 9.57. The van der Waals surface area contributed by atoms with Crippen LogP contribution >= 0.6 is 0 Å². The third-order valence-corrected chi connectivity index (χ3v) is 6.21. The molecule has 0 heterocycles. The molecule has 0 aromatic rings. The van der Waals surface area contributed by atoms with Crippen molar-refractivity contribution in [2.45, 2.75) is 59.0 Å². The fourth-order valence-corrected chi connectivity index (χ4v) is 5.06. The van der Waals surface area contributed by atoms with Gasteiger partial charge in [-0.15, -0.1) is 0 Å². The maximum atomic E-state index is 11.3. The van der Waals surface area contributed by atoms with Crippen LogP contribution in [0.2, 0.25) is 0 Å². The summed E-state index contributed by atoms with van der Waals surface area (Å²) in [5.74, 6) is 1.20. The van der Waals surface area contributed by atoms with Crippen molar-refractivity contribution in [3.63, 3.8) is 0 Å². The third kappa shape index (κ3) is 1.38. The summed E-state index contributed by atoms with van der Waals surface area (Å²) in [5, 5.41) is 0. The van der Waals surface area contributed by atoms with Crippen molar-refractivity contribution in [1.29, 1.82) is 0 Å². The van der Waals surface area contributed by atoms with E-state index in [0.29, 0.717) is 5.92 Å². The van der Waals surface area contributed by atoms with Gasteiger partial charge in [0, 0.05) is 12.3 Å². The van der Waals surface area contributed by atoms with Crippen LogP contribution < -0.4 is 0 Å².